The molecule has 0 aliphatic rings. The molecule has 0 amide bonds. The molecule has 0 bridgehead atoms. The zero-order valence-corrected chi connectivity index (χ0v) is 11.8. The second kappa shape index (κ2) is 5.87. The van der Waals surface area contributed by atoms with Gasteiger partial charge in [-0.05, 0) is 41.8 Å². The minimum Gasteiger partial charge on any atom is -0.508 e. The molecule has 2 aromatic rings. The molecule has 0 heterocycles. The Morgan fingerprint density at radius 1 is 0.905 bits per heavy atom. The number of hydrogen-bond acceptors (Lipinski definition) is 3. The third-order valence-corrected chi connectivity index (χ3v) is 3.71. The Balaban J connectivity index is 2.65. The fourth-order valence-corrected chi connectivity index (χ4v) is 2.68. The summed E-state index contributed by atoms with van der Waals surface area (Å²) in [6.07, 6.45) is 1.12. The second-order valence-electron chi connectivity index (χ2n) is 5.05. The summed E-state index contributed by atoms with van der Waals surface area (Å²) in [5.74, 6) is -0.749. The minimum atomic E-state index is -1.18. The van der Waals surface area contributed by atoms with E-state index in [1.807, 2.05) is 6.92 Å². The number of benzene rings is 2. The SMILES string of the molecule is CCCC(C(=O)O)(c1ccc(O)cc1)c1ccc(O)cc1. The molecule has 2 rings (SSSR count). The summed E-state index contributed by atoms with van der Waals surface area (Å²) in [5.41, 5.74) is 0.0385. The summed E-state index contributed by atoms with van der Waals surface area (Å²) in [7, 11) is 0. The highest BCUT2D eigenvalue weighted by Crippen LogP contribution is 2.38. The lowest BCUT2D eigenvalue weighted by Gasteiger charge is -2.30. The lowest BCUT2D eigenvalue weighted by Crippen LogP contribution is -2.37. The van der Waals surface area contributed by atoms with Crippen molar-refractivity contribution in [3.63, 3.8) is 0 Å². The first-order valence-electron chi connectivity index (χ1n) is 6.83. The number of carboxylic acid groups (broad SMARTS) is 1. The predicted octanol–water partition coefficient (Wildman–Crippen LogP) is 3.27. The van der Waals surface area contributed by atoms with E-state index in [1.54, 1.807) is 24.3 Å². The van der Waals surface area contributed by atoms with E-state index in [4.69, 9.17) is 0 Å². The number of carbonyl (C=O) groups is 1. The number of aromatic hydroxyl groups is 2. The fourth-order valence-electron chi connectivity index (χ4n) is 2.68. The van der Waals surface area contributed by atoms with E-state index in [1.165, 1.54) is 24.3 Å². The van der Waals surface area contributed by atoms with Crippen molar-refractivity contribution < 1.29 is 20.1 Å². The van der Waals surface area contributed by atoms with Gasteiger partial charge in [-0.1, -0.05) is 37.6 Å². The Kier molecular flexibility index (Phi) is 4.17. The summed E-state index contributed by atoms with van der Waals surface area (Å²) >= 11 is 0. The monoisotopic (exact) mass is 286 g/mol. The van der Waals surface area contributed by atoms with Crippen LogP contribution in [0.15, 0.2) is 48.5 Å². The van der Waals surface area contributed by atoms with Crippen LogP contribution in [0.3, 0.4) is 0 Å². The van der Waals surface area contributed by atoms with Gasteiger partial charge >= 0.3 is 5.97 Å². The van der Waals surface area contributed by atoms with Crippen LogP contribution >= 0.6 is 0 Å². The molecule has 0 aromatic heterocycles. The maximum absolute atomic E-state index is 12.1. The van der Waals surface area contributed by atoms with Crippen molar-refractivity contribution in [2.45, 2.75) is 25.2 Å². The van der Waals surface area contributed by atoms with Gasteiger partial charge < -0.3 is 15.3 Å². The smallest absolute Gasteiger partial charge is 0.318 e. The van der Waals surface area contributed by atoms with Gasteiger partial charge in [-0.25, -0.2) is 0 Å². The van der Waals surface area contributed by atoms with Gasteiger partial charge in [-0.2, -0.15) is 0 Å². The first-order valence-corrected chi connectivity index (χ1v) is 6.83. The van der Waals surface area contributed by atoms with Gasteiger partial charge in [-0.15, -0.1) is 0 Å². The maximum Gasteiger partial charge on any atom is 0.318 e. The van der Waals surface area contributed by atoms with Crippen LogP contribution in [0.2, 0.25) is 0 Å². The molecule has 21 heavy (non-hydrogen) atoms. The molecule has 0 saturated carbocycles. The molecule has 0 aliphatic heterocycles. The molecule has 0 radical (unpaired) electrons. The van der Waals surface area contributed by atoms with Gasteiger partial charge in [0, 0.05) is 0 Å². The van der Waals surface area contributed by atoms with Gasteiger partial charge in [-0.3, -0.25) is 4.79 Å². The molecular weight excluding hydrogens is 268 g/mol. The Hall–Kier alpha value is -2.49. The van der Waals surface area contributed by atoms with Crippen LogP contribution in [-0.4, -0.2) is 21.3 Å². The number of carboxylic acids is 1. The van der Waals surface area contributed by atoms with Crippen molar-refractivity contribution in [2.75, 3.05) is 0 Å². The Morgan fingerprint density at radius 3 is 1.57 bits per heavy atom. The molecule has 0 aliphatic carbocycles. The standard InChI is InChI=1S/C17H18O4/c1-2-11-17(16(20)21,12-3-7-14(18)8-4-12)13-5-9-15(19)10-6-13/h3-10,18-19H,2,11H2,1H3,(H,20,21). The molecule has 2 aromatic carbocycles. The van der Waals surface area contributed by atoms with Gasteiger partial charge in [0.25, 0.3) is 0 Å². The number of aliphatic carboxylic acids is 1. The highest BCUT2D eigenvalue weighted by molar-refractivity contribution is 5.86. The van der Waals surface area contributed by atoms with Gasteiger partial charge in [0.2, 0.25) is 0 Å². The zero-order valence-electron chi connectivity index (χ0n) is 11.8. The first-order chi connectivity index (χ1) is 10.0. The van der Waals surface area contributed by atoms with Gasteiger partial charge in [0.1, 0.15) is 16.9 Å². The Morgan fingerprint density at radius 2 is 1.29 bits per heavy atom. The Labute approximate surface area is 123 Å². The van der Waals surface area contributed by atoms with Crippen LogP contribution in [0.25, 0.3) is 0 Å². The fraction of sp³-hybridized carbons (Fsp3) is 0.235. The van der Waals surface area contributed by atoms with Gasteiger partial charge in [0.15, 0.2) is 0 Å². The largest absolute Gasteiger partial charge is 0.508 e. The van der Waals surface area contributed by atoms with Crippen LogP contribution in [-0.2, 0) is 10.2 Å². The third-order valence-electron chi connectivity index (χ3n) is 3.71. The van der Waals surface area contributed by atoms with Crippen molar-refractivity contribution >= 4 is 5.97 Å². The molecule has 3 N–H and O–H groups in total. The average Bonchev–Trinajstić information content (AvgIpc) is 2.46. The van der Waals surface area contributed by atoms with Crippen molar-refractivity contribution in [2.24, 2.45) is 0 Å². The van der Waals surface area contributed by atoms with Crippen LogP contribution in [0.1, 0.15) is 30.9 Å². The van der Waals surface area contributed by atoms with Crippen LogP contribution in [0.4, 0.5) is 0 Å². The maximum atomic E-state index is 12.1. The predicted molar refractivity (Wildman–Crippen MR) is 79.5 cm³/mol. The van der Waals surface area contributed by atoms with E-state index in [9.17, 15) is 20.1 Å². The van der Waals surface area contributed by atoms with Crippen molar-refractivity contribution in [3.05, 3.63) is 59.7 Å². The number of hydrogen-bond donors (Lipinski definition) is 3. The number of phenols is 2. The van der Waals surface area contributed by atoms with E-state index in [-0.39, 0.29) is 11.5 Å². The van der Waals surface area contributed by atoms with E-state index in [0.29, 0.717) is 24.0 Å². The summed E-state index contributed by atoms with van der Waals surface area (Å²) in [6.45, 7) is 1.93. The highest BCUT2D eigenvalue weighted by Gasteiger charge is 2.41. The molecule has 0 saturated heterocycles. The quantitative estimate of drug-likeness (QED) is 0.788. The van der Waals surface area contributed by atoms with Crippen molar-refractivity contribution in [1.29, 1.82) is 0 Å². The topological polar surface area (TPSA) is 77.8 Å². The molecule has 0 unspecified atom stereocenters. The summed E-state index contributed by atoms with van der Waals surface area (Å²) in [5, 5.41) is 28.7. The normalized spacial score (nSPS) is 11.3. The van der Waals surface area contributed by atoms with E-state index >= 15 is 0 Å². The number of rotatable bonds is 5. The summed E-state index contributed by atoms with van der Waals surface area (Å²) in [6, 6.07) is 12.5. The van der Waals surface area contributed by atoms with Crippen molar-refractivity contribution in [3.8, 4) is 11.5 Å². The zero-order chi connectivity index (χ0) is 15.5. The lowest BCUT2D eigenvalue weighted by molar-refractivity contribution is -0.142. The highest BCUT2D eigenvalue weighted by atomic mass is 16.4. The van der Waals surface area contributed by atoms with Crippen molar-refractivity contribution in [1.82, 2.24) is 0 Å². The van der Waals surface area contributed by atoms with Gasteiger partial charge in [0.05, 0.1) is 0 Å². The third kappa shape index (κ3) is 2.70. The van der Waals surface area contributed by atoms with E-state index in [0.717, 1.165) is 0 Å². The lowest BCUT2D eigenvalue weighted by atomic mass is 9.71. The van der Waals surface area contributed by atoms with E-state index in [2.05, 4.69) is 0 Å². The molecule has 0 spiro atoms. The van der Waals surface area contributed by atoms with Crippen LogP contribution < -0.4 is 0 Å². The second-order valence-corrected chi connectivity index (χ2v) is 5.05. The summed E-state index contributed by atoms with van der Waals surface area (Å²) in [4.78, 5) is 12.1. The number of phenolic OH excluding ortho intramolecular Hbond substituents is 2. The molecular formula is C17H18O4. The van der Waals surface area contributed by atoms with E-state index < -0.39 is 11.4 Å². The Bertz CT molecular complexity index is 569. The molecule has 110 valence electrons. The summed E-state index contributed by atoms with van der Waals surface area (Å²) < 4.78 is 0. The first kappa shape index (κ1) is 14.9. The molecule has 0 atom stereocenters. The molecule has 4 nitrogen and oxygen atoms in total. The molecule has 4 heteroatoms. The minimum absolute atomic E-state index is 0.0974. The molecule has 0 fully saturated rings. The average molecular weight is 286 g/mol. The van der Waals surface area contributed by atoms with Crippen LogP contribution in [0, 0.1) is 0 Å². The van der Waals surface area contributed by atoms with Crippen LogP contribution in [0.5, 0.6) is 11.5 Å².